The first-order valence-corrected chi connectivity index (χ1v) is 9.53. The van der Waals surface area contributed by atoms with Gasteiger partial charge in [0.15, 0.2) is 0 Å². The zero-order chi connectivity index (χ0) is 18.0. The third kappa shape index (κ3) is 3.94. The van der Waals surface area contributed by atoms with Gasteiger partial charge in [0.2, 0.25) is 0 Å². The number of carbonyl (C=O) groups excluding carboxylic acids is 2. The van der Waals surface area contributed by atoms with E-state index in [0.29, 0.717) is 24.3 Å². The number of piperazine rings is 1. The molecular formula is C19H30N4O2. The molecule has 0 bridgehead atoms. The van der Waals surface area contributed by atoms with Crippen molar-refractivity contribution in [2.45, 2.75) is 46.0 Å². The number of carbonyl (C=O) groups is 2. The van der Waals surface area contributed by atoms with Gasteiger partial charge in [0, 0.05) is 45.5 Å². The fraction of sp³-hybridized carbons (Fsp3) is 0.737. The van der Waals surface area contributed by atoms with Crippen LogP contribution in [0.3, 0.4) is 0 Å². The number of aryl methyl sites for hydroxylation is 2. The Morgan fingerprint density at radius 2 is 1.68 bits per heavy atom. The molecule has 0 unspecified atom stereocenters. The minimum absolute atomic E-state index is 0.378. The summed E-state index contributed by atoms with van der Waals surface area (Å²) in [6.07, 6.45) is 6.80. The van der Waals surface area contributed by atoms with Gasteiger partial charge in [-0.2, -0.15) is 5.10 Å². The number of Topliss-reactive ketones (excluding diaryl/α,β-unsaturated/α-hetero) is 1. The highest BCUT2D eigenvalue weighted by Crippen LogP contribution is 2.25. The molecule has 2 heterocycles. The van der Waals surface area contributed by atoms with Crippen molar-refractivity contribution in [3.05, 3.63) is 17.0 Å². The standard InChI is InChI=1S/C19H30N4O2/c1-14-17(15(2)21(3)20-14)18(24)19(25)23-11-9-22(10-12-23)13-16-7-5-4-6-8-16/h16H,4-13H2,1-3H3. The van der Waals surface area contributed by atoms with E-state index in [1.807, 2.05) is 6.92 Å². The lowest BCUT2D eigenvalue weighted by molar-refractivity contribution is -0.128. The molecule has 25 heavy (non-hydrogen) atoms. The highest BCUT2D eigenvalue weighted by molar-refractivity contribution is 6.43. The number of hydrogen-bond donors (Lipinski definition) is 0. The molecule has 0 spiro atoms. The van der Waals surface area contributed by atoms with E-state index in [2.05, 4.69) is 10.00 Å². The van der Waals surface area contributed by atoms with Crippen molar-refractivity contribution >= 4 is 11.7 Å². The Labute approximate surface area is 150 Å². The van der Waals surface area contributed by atoms with Crippen molar-refractivity contribution in [2.75, 3.05) is 32.7 Å². The Kier molecular flexibility index (Phi) is 5.57. The van der Waals surface area contributed by atoms with Crippen LogP contribution in [-0.4, -0.2) is 64.0 Å². The van der Waals surface area contributed by atoms with Crippen LogP contribution in [0.2, 0.25) is 0 Å². The second-order valence-electron chi connectivity index (χ2n) is 7.60. The third-order valence-corrected chi connectivity index (χ3v) is 5.83. The summed E-state index contributed by atoms with van der Waals surface area (Å²) in [6.45, 7) is 7.82. The van der Waals surface area contributed by atoms with Crippen LogP contribution in [0, 0.1) is 19.8 Å². The first-order valence-electron chi connectivity index (χ1n) is 9.53. The molecule has 1 saturated carbocycles. The maximum atomic E-state index is 12.6. The van der Waals surface area contributed by atoms with Gasteiger partial charge in [-0.1, -0.05) is 19.3 Å². The molecule has 6 nitrogen and oxygen atoms in total. The molecule has 1 aliphatic carbocycles. The van der Waals surface area contributed by atoms with Crippen molar-refractivity contribution in [2.24, 2.45) is 13.0 Å². The third-order valence-electron chi connectivity index (χ3n) is 5.83. The molecule has 6 heteroatoms. The molecule has 1 saturated heterocycles. The minimum atomic E-state index is -0.413. The van der Waals surface area contributed by atoms with Gasteiger partial charge in [-0.05, 0) is 32.6 Å². The maximum Gasteiger partial charge on any atom is 0.295 e. The van der Waals surface area contributed by atoms with Crippen LogP contribution in [-0.2, 0) is 11.8 Å². The number of aromatic nitrogens is 2. The second kappa shape index (κ2) is 7.68. The molecule has 0 N–H and O–H groups in total. The van der Waals surface area contributed by atoms with E-state index in [4.69, 9.17) is 0 Å². The van der Waals surface area contributed by atoms with E-state index in [1.54, 1.807) is 23.6 Å². The molecule has 3 rings (SSSR count). The summed E-state index contributed by atoms with van der Waals surface area (Å²) < 4.78 is 1.66. The number of amides is 1. The molecule has 1 aliphatic heterocycles. The number of ketones is 1. The van der Waals surface area contributed by atoms with Crippen molar-refractivity contribution in [3.8, 4) is 0 Å². The van der Waals surface area contributed by atoms with E-state index >= 15 is 0 Å². The normalized spacial score (nSPS) is 20.0. The zero-order valence-corrected chi connectivity index (χ0v) is 15.8. The van der Waals surface area contributed by atoms with Crippen LogP contribution in [0.25, 0.3) is 0 Å². The van der Waals surface area contributed by atoms with E-state index in [-0.39, 0.29) is 5.91 Å². The molecule has 0 atom stereocenters. The SMILES string of the molecule is Cc1nn(C)c(C)c1C(=O)C(=O)N1CCN(CC2CCCCC2)CC1. The molecule has 138 valence electrons. The maximum absolute atomic E-state index is 12.6. The largest absolute Gasteiger partial charge is 0.333 e. The van der Waals surface area contributed by atoms with Gasteiger partial charge in [0.1, 0.15) is 0 Å². The molecule has 2 fully saturated rings. The smallest absolute Gasteiger partial charge is 0.295 e. The Bertz CT molecular complexity index is 638. The molecule has 1 aromatic heterocycles. The number of rotatable bonds is 4. The van der Waals surface area contributed by atoms with Gasteiger partial charge in [-0.25, -0.2) is 0 Å². The summed E-state index contributed by atoms with van der Waals surface area (Å²) >= 11 is 0. The lowest BCUT2D eigenvalue weighted by Crippen LogP contribution is -2.51. The van der Waals surface area contributed by atoms with E-state index in [0.717, 1.165) is 31.2 Å². The van der Waals surface area contributed by atoms with E-state index in [1.165, 1.54) is 32.1 Å². The summed E-state index contributed by atoms with van der Waals surface area (Å²) in [7, 11) is 1.80. The first kappa shape index (κ1) is 18.1. The summed E-state index contributed by atoms with van der Waals surface area (Å²) in [5.74, 6) is 0.0265. The van der Waals surface area contributed by atoms with Crippen molar-refractivity contribution in [1.82, 2.24) is 19.6 Å². The lowest BCUT2D eigenvalue weighted by atomic mass is 9.89. The van der Waals surface area contributed by atoms with Crippen molar-refractivity contribution in [1.29, 1.82) is 0 Å². The highest BCUT2D eigenvalue weighted by atomic mass is 16.2. The number of nitrogens with zero attached hydrogens (tertiary/aromatic N) is 4. The van der Waals surface area contributed by atoms with E-state index in [9.17, 15) is 9.59 Å². The van der Waals surface area contributed by atoms with Crippen molar-refractivity contribution in [3.63, 3.8) is 0 Å². The predicted octanol–water partition coefficient (Wildman–Crippen LogP) is 1.94. The molecule has 0 aromatic carbocycles. The molecule has 0 radical (unpaired) electrons. The second-order valence-corrected chi connectivity index (χ2v) is 7.60. The van der Waals surface area contributed by atoms with Crippen LogP contribution in [0.4, 0.5) is 0 Å². The van der Waals surface area contributed by atoms with Crippen LogP contribution in [0.5, 0.6) is 0 Å². The Morgan fingerprint density at radius 1 is 1.04 bits per heavy atom. The summed E-state index contributed by atoms with van der Waals surface area (Å²) in [4.78, 5) is 29.4. The molecule has 2 aliphatic rings. The van der Waals surface area contributed by atoms with Crippen LogP contribution in [0.15, 0.2) is 0 Å². The van der Waals surface area contributed by atoms with Gasteiger partial charge >= 0.3 is 0 Å². The lowest BCUT2D eigenvalue weighted by Gasteiger charge is -2.37. The number of hydrogen-bond acceptors (Lipinski definition) is 4. The fourth-order valence-electron chi connectivity index (χ4n) is 4.22. The predicted molar refractivity (Wildman–Crippen MR) is 96.6 cm³/mol. The minimum Gasteiger partial charge on any atom is -0.333 e. The van der Waals surface area contributed by atoms with Gasteiger partial charge in [-0.15, -0.1) is 0 Å². The average Bonchev–Trinajstić information content (AvgIpc) is 2.87. The monoisotopic (exact) mass is 346 g/mol. The average molecular weight is 346 g/mol. The van der Waals surface area contributed by atoms with E-state index < -0.39 is 5.78 Å². The topological polar surface area (TPSA) is 58.4 Å². The summed E-state index contributed by atoms with van der Waals surface area (Å²) in [5, 5.41) is 4.25. The van der Waals surface area contributed by atoms with Crippen molar-refractivity contribution < 1.29 is 9.59 Å². The first-order chi connectivity index (χ1) is 12.0. The Hall–Kier alpha value is -1.69. The Morgan fingerprint density at radius 3 is 2.24 bits per heavy atom. The Balaban J connectivity index is 1.55. The van der Waals surface area contributed by atoms with Gasteiger partial charge in [0.05, 0.1) is 11.3 Å². The van der Waals surface area contributed by atoms with Gasteiger partial charge in [0.25, 0.3) is 11.7 Å². The molecule has 1 aromatic rings. The van der Waals surface area contributed by atoms with Gasteiger partial charge < -0.3 is 4.90 Å². The highest BCUT2D eigenvalue weighted by Gasteiger charge is 2.30. The summed E-state index contributed by atoms with van der Waals surface area (Å²) in [6, 6.07) is 0. The quantitative estimate of drug-likeness (QED) is 0.618. The fourth-order valence-corrected chi connectivity index (χ4v) is 4.22. The van der Waals surface area contributed by atoms with Crippen LogP contribution < -0.4 is 0 Å². The molecular weight excluding hydrogens is 316 g/mol. The zero-order valence-electron chi connectivity index (χ0n) is 15.8. The van der Waals surface area contributed by atoms with Crippen LogP contribution >= 0.6 is 0 Å². The van der Waals surface area contributed by atoms with Crippen LogP contribution in [0.1, 0.15) is 53.8 Å². The molecule has 1 amide bonds. The van der Waals surface area contributed by atoms with Gasteiger partial charge in [-0.3, -0.25) is 19.2 Å². The summed E-state index contributed by atoms with van der Waals surface area (Å²) in [5.41, 5.74) is 1.86.